The zero-order valence-electron chi connectivity index (χ0n) is 35.0. The number of hydrogen-bond donors (Lipinski definition) is 0. The third kappa shape index (κ3) is 31.2. The second-order valence-corrected chi connectivity index (χ2v) is 19.1. The number of unbranched alkanes of at least 4 members (excludes halogenated alkanes) is 30. The van der Waals surface area contributed by atoms with Crippen molar-refractivity contribution in [1.29, 1.82) is 0 Å². The Morgan fingerprint density at radius 3 is 0.882 bits per heavy atom. The van der Waals surface area contributed by atoms with Gasteiger partial charge in [-0.2, -0.15) is 0 Å². The average Bonchev–Trinajstić information content (AvgIpc) is 3.13. The van der Waals surface area contributed by atoms with Crippen molar-refractivity contribution in [1.82, 2.24) is 0 Å². The van der Waals surface area contributed by atoms with Gasteiger partial charge in [0.25, 0.3) is 0 Å². The van der Waals surface area contributed by atoms with E-state index in [0.717, 1.165) is 12.8 Å². The number of hydrogen-bond acceptors (Lipinski definition) is 3. The molecule has 0 N–H and O–H groups in total. The topological polar surface area (TPSA) is 0 Å². The molecule has 1 radical (unpaired) electrons. The van der Waals surface area contributed by atoms with Gasteiger partial charge in [-0.15, -0.1) is 35.3 Å². The molecule has 0 bridgehead atoms. The van der Waals surface area contributed by atoms with Crippen LogP contribution >= 0.6 is 35.3 Å². The minimum atomic E-state index is 0.997. The largest absolute Gasteiger partial charge is 0.125 e. The summed E-state index contributed by atoms with van der Waals surface area (Å²) >= 11 is 6.53. The maximum atomic E-state index is 4.23. The molecule has 0 aromatic heterocycles. The summed E-state index contributed by atoms with van der Waals surface area (Å²) in [7, 11) is 0. The van der Waals surface area contributed by atoms with Gasteiger partial charge in [0.1, 0.15) is 0 Å². The Morgan fingerprint density at radius 1 is 0.353 bits per heavy atom. The molecule has 1 aromatic rings. The van der Waals surface area contributed by atoms with Crippen molar-refractivity contribution in [3.63, 3.8) is 0 Å². The van der Waals surface area contributed by atoms with Gasteiger partial charge in [-0.3, -0.25) is 0 Å². The second kappa shape index (κ2) is 39.9. The zero-order valence-corrected chi connectivity index (χ0v) is 37.4. The van der Waals surface area contributed by atoms with E-state index < -0.39 is 0 Å². The van der Waals surface area contributed by atoms with Crippen molar-refractivity contribution in [2.24, 2.45) is 0 Å². The summed E-state index contributed by atoms with van der Waals surface area (Å²) in [6.07, 6.45) is 49.2. The van der Waals surface area contributed by atoms with Gasteiger partial charge in [0, 0.05) is 14.7 Å². The molecule has 0 aliphatic heterocycles. The highest BCUT2D eigenvalue weighted by Crippen LogP contribution is 2.41. The molecule has 0 unspecified atom stereocenters. The van der Waals surface area contributed by atoms with Crippen LogP contribution in [-0.2, 0) is 6.42 Å². The molecule has 0 aliphatic carbocycles. The van der Waals surface area contributed by atoms with Gasteiger partial charge >= 0.3 is 0 Å². The van der Waals surface area contributed by atoms with Crippen LogP contribution in [0.1, 0.15) is 245 Å². The van der Waals surface area contributed by atoms with Gasteiger partial charge in [-0.05, 0) is 67.1 Å². The highest BCUT2D eigenvalue weighted by Gasteiger charge is 2.13. The maximum absolute atomic E-state index is 4.23. The Bertz CT molecular complexity index is 787. The Kier molecular flexibility index (Phi) is 38.6. The molecule has 0 nitrogen and oxygen atoms in total. The summed E-state index contributed by atoms with van der Waals surface area (Å²) < 4.78 is 0. The van der Waals surface area contributed by atoms with Crippen molar-refractivity contribution in [2.75, 3.05) is 17.3 Å². The molecular weight excluding hydrogens is 673 g/mol. The lowest BCUT2D eigenvalue weighted by molar-refractivity contribution is 0.555. The average molecular weight is 762 g/mol. The van der Waals surface area contributed by atoms with Gasteiger partial charge in [-0.1, -0.05) is 220 Å². The predicted molar refractivity (Wildman–Crippen MR) is 242 cm³/mol. The van der Waals surface area contributed by atoms with Crippen LogP contribution in [0, 0.1) is 6.92 Å². The summed E-state index contributed by atoms with van der Waals surface area (Å²) in [4.78, 5) is 4.79. The Hall–Kier alpha value is 0.270. The quantitative estimate of drug-likeness (QED) is 0.0482. The summed E-state index contributed by atoms with van der Waals surface area (Å²) in [6.45, 7) is 11.2. The monoisotopic (exact) mass is 762 g/mol. The van der Waals surface area contributed by atoms with Crippen LogP contribution in [0.15, 0.2) is 26.8 Å². The molecule has 1 rings (SSSR count). The molecule has 0 spiro atoms. The van der Waals surface area contributed by atoms with Crippen LogP contribution in [0.3, 0.4) is 0 Å². The van der Waals surface area contributed by atoms with E-state index in [1.54, 1.807) is 14.7 Å². The van der Waals surface area contributed by atoms with Crippen molar-refractivity contribution in [2.45, 2.75) is 260 Å². The molecule has 1 aromatic carbocycles. The molecule has 0 saturated heterocycles. The molecule has 299 valence electrons. The van der Waals surface area contributed by atoms with Crippen LogP contribution in [0.4, 0.5) is 0 Å². The third-order valence-corrected chi connectivity index (χ3v) is 14.3. The molecule has 0 heterocycles. The first-order valence-corrected chi connectivity index (χ1v) is 26.1. The predicted octanol–water partition coefficient (Wildman–Crippen LogP) is 18.7. The lowest BCUT2D eigenvalue weighted by Crippen LogP contribution is -1.94. The summed E-state index contributed by atoms with van der Waals surface area (Å²) in [5, 5.41) is 0. The van der Waals surface area contributed by atoms with Crippen LogP contribution in [0.25, 0.3) is 0 Å². The number of rotatable bonds is 41. The zero-order chi connectivity index (χ0) is 36.7. The van der Waals surface area contributed by atoms with Gasteiger partial charge in [0.15, 0.2) is 0 Å². The number of thioether (sulfide) groups is 3. The normalized spacial score (nSPS) is 11.6. The molecule has 0 fully saturated rings. The van der Waals surface area contributed by atoms with E-state index in [1.165, 1.54) is 235 Å². The first-order valence-electron chi connectivity index (χ1n) is 23.1. The Labute approximate surface area is 335 Å². The summed E-state index contributed by atoms with van der Waals surface area (Å²) in [6, 6.07) is 5.12. The summed E-state index contributed by atoms with van der Waals surface area (Å²) in [5.41, 5.74) is 1.52. The highest BCUT2D eigenvalue weighted by molar-refractivity contribution is 8.03. The van der Waals surface area contributed by atoms with Crippen molar-refractivity contribution < 1.29 is 0 Å². The molecule has 3 heteroatoms. The van der Waals surface area contributed by atoms with Gasteiger partial charge in [0.2, 0.25) is 0 Å². The van der Waals surface area contributed by atoms with Gasteiger partial charge in [-0.25, -0.2) is 0 Å². The molecule has 0 amide bonds. The maximum Gasteiger partial charge on any atom is 0.0344 e. The van der Waals surface area contributed by atoms with E-state index in [4.69, 9.17) is 0 Å². The molecule has 0 atom stereocenters. The standard InChI is InChI=1S/C48H89S3/c1-5-9-12-15-18-21-24-27-30-33-36-40-49-46-43-45(39-8-4)44-47(50-41-37-34-31-28-25-22-19-16-13-10-6-2)48(46)51-42-38-35-32-29-26-23-20-17-14-11-7-3/h43-44H,4-42H2,1-3H3. The first kappa shape index (κ1) is 49.3. The van der Waals surface area contributed by atoms with E-state index in [2.05, 4.69) is 75.1 Å². The SMILES string of the molecule is [CH2]CCc1cc(SCCCCCCCCCCCCC)c(SCCCCCCCCCCCCC)c(SCCCCCCCCCCCCC)c1. The first-order chi connectivity index (χ1) is 25.3. The van der Waals surface area contributed by atoms with E-state index in [9.17, 15) is 0 Å². The molecular formula is C48H89S3. The second-order valence-electron chi connectivity index (χ2n) is 15.7. The lowest BCUT2D eigenvalue weighted by Gasteiger charge is -2.17. The minimum Gasteiger partial charge on any atom is -0.125 e. The number of benzene rings is 1. The van der Waals surface area contributed by atoms with Crippen LogP contribution in [-0.4, -0.2) is 17.3 Å². The summed E-state index contributed by atoms with van der Waals surface area (Å²) in [5.74, 6) is 3.84. The van der Waals surface area contributed by atoms with Gasteiger partial charge < -0.3 is 0 Å². The van der Waals surface area contributed by atoms with E-state index in [0.29, 0.717) is 0 Å². The van der Waals surface area contributed by atoms with E-state index >= 15 is 0 Å². The van der Waals surface area contributed by atoms with E-state index in [-0.39, 0.29) is 0 Å². The fourth-order valence-electron chi connectivity index (χ4n) is 7.17. The molecule has 0 saturated carbocycles. The molecule has 51 heavy (non-hydrogen) atoms. The van der Waals surface area contributed by atoms with E-state index in [1.807, 2.05) is 0 Å². The fraction of sp³-hybridized carbons (Fsp3) is 0.854. The van der Waals surface area contributed by atoms with Crippen molar-refractivity contribution in [3.05, 3.63) is 24.6 Å². The Balaban J connectivity index is 2.56. The highest BCUT2D eigenvalue weighted by atomic mass is 32.2. The van der Waals surface area contributed by atoms with Crippen LogP contribution < -0.4 is 0 Å². The van der Waals surface area contributed by atoms with Crippen molar-refractivity contribution in [3.8, 4) is 0 Å². The lowest BCUT2D eigenvalue weighted by atomic mass is 10.1. The smallest absolute Gasteiger partial charge is 0.0344 e. The minimum absolute atomic E-state index is 0.997. The molecule has 0 aliphatic rings. The van der Waals surface area contributed by atoms with Crippen molar-refractivity contribution >= 4 is 35.3 Å². The van der Waals surface area contributed by atoms with Gasteiger partial charge in [0.05, 0.1) is 0 Å². The number of aryl methyl sites for hydroxylation is 1. The Morgan fingerprint density at radius 2 is 0.608 bits per heavy atom. The third-order valence-electron chi connectivity index (χ3n) is 10.6. The fourth-order valence-corrected chi connectivity index (χ4v) is 11.0. The van der Waals surface area contributed by atoms with Crippen LogP contribution in [0.5, 0.6) is 0 Å². The van der Waals surface area contributed by atoms with Crippen LogP contribution in [0.2, 0.25) is 0 Å².